The number of anilines is 3. The van der Waals surface area contributed by atoms with E-state index >= 15 is 0 Å². The van der Waals surface area contributed by atoms with Crippen molar-refractivity contribution in [1.82, 2.24) is 15.3 Å². The lowest BCUT2D eigenvalue weighted by Crippen LogP contribution is -2.36. The summed E-state index contributed by atoms with van der Waals surface area (Å²) in [7, 11) is -3.86. The molecule has 1 aromatic carbocycles. The number of nitrogens with zero attached hydrogens (tertiary/aromatic N) is 2. The van der Waals surface area contributed by atoms with Crippen LogP contribution in [-0.2, 0) is 10.1 Å². The smallest absolute Gasteiger partial charge is 0.306 e. The molecule has 1 heterocycles. The summed E-state index contributed by atoms with van der Waals surface area (Å²) in [4.78, 5) is 33.3. The maximum Gasteiger partial charge on any atom is 0.306 e. The highest BCUT2D eigenvalue weighted by atomic mass is 32.2. The summed E-state index contributed by atoms with van der Waals surface area (Å²) in [5.41, 5.74) is 6.03. The Kier molecular flexibility index (Phi) is 9.02. The topological polar surface area (TPSA) is 165 Å². The largest absolute Gasteiger partial charge is 0.382 e. The van der Waals surface area contributed by atoms with Crippen molar-refractivity contribution < 1.29 is 22.2 Å². The molecule has 0 spiro atoms. The maximum absolute atomic E-state index is 12.9. The van der Waals surface area contributed by atoms with E-state index in [0.717, 1.165) is 6.26 Å². The van der Waals surface area contributed by atoms with Gasteiger partial charge in [0.05, 0.1) is 17.4 Å². The molecule has 2 aromatic rings. The van der Waals surface area contributed by atoms with Crippen LogP contribution in [-0.4, -0.2) is 48.5 Å². The average Bonchev–Trinajstić information content (AvgIpc) is 2.73. The Labute approximate surface area is 206 Å². The zero-order valence-corrected chi connectivity index (χ0v) is 21.9. The molecule has 12 heteroatoms. The molecule has 11 nitrogen and oxygen atoms in total. The lowest BCUT2D eigenvalue weighted by atomic mass is 10.1. The van der Waals surface area contributed by atoms with Crippen molar-refractivity contribution in [2.24, 2.45) is 17.6 Å². The summed E-state index contributed by atoms with van der Waals surface area (Å²) in [5.74, 6) is -0.425. The molecule has 5 N–H and O–H groups in total. The van der Waals surface area contributed by atoms with Gasteiger partial charge in [0.2, 0.25) is 5.95 Å². The molecule has 1 aromatic heterocycles. The zero-order chi connectivity index (χ0) is 26.5. The first-order valence-electron chi connectivity index (χ1n) is 11.2. The molecule has 0 radical (unpaired) electrons. The van der Waals surface area contributed by atoms with Crippen LogP contribution in [0.15, 0.2) is 24.4 Å². The Bertz CT molecular complexity index is 1180. The Morgan fingerprint density at radius 3 is 2.17 bits per heavy atom. The van der Waals surface area contributed by atoms with E-state index in [0.29, 0.717) is 5.69 Å². The van der Waals surface area contributed by atoms with Gasteiger partial charge in [-0.05, 0) is 43.9 Å². The van der Waals surface area contributed by atoms with Gasteiger partial charge in [0.25, 0.3) is 11.8 Å². The number of benzene rings is 1. The van der Waals surface area contributed by atoms with Crippen molar-refractivity contribution in [2.45, 2.75) is 53.6 Å². The van der Waals surface area contributed by atoms with Gasteiger partial charge in [-0.2, -0.15) is 13.4 Å². The van der Waals surface area contributed by atoms with Crippen LogP contribution in [0.3, 0.4) is 0 Å². The summed E-state index contributed by atoms with van der Waals surface area (Å²) in [6.45, 7) is 11.8. The molecule has 0 unspecified atom stereocenters. The third kappa shape index (κ3) is 8.09. The molecule has 0 saturated heterocycles. The molecular weight excluding hydrogens is 472 g/mol. The minimum Gasteiger partial charge on any atom is -0.382 e. The number of amides is 2. The number of aromatic nitrogens is 2. The first-order valence-corrected chi connectivity index (χ1v) is 13.0. The van der Waals surface area contributed by atoms with Crippen LogP contribution in [0.5, 0.6) is 5.75 Å². The van der Waals surface area contributed by atoms with Crippen LogP contribution in [0.4, 0.5) is 17.5 Å². The van der Waals surface area contributed by atoms with Crippen molar-refractivity contribution in [1.29, 1.82) is 0 Å². The minimum atomic E-state index is -3.86. The molecule has 2 rings (SSSR count). The molecule has 35 heavy (non-hydrogen) atoms. The predicted octanol–water partition coefficient (Wildman–Crippen LogP) is 2.89. The van der Waals surface area contributed by atoms with E-state index in [4.69, 9.17) is 9.92 Å². The molecule has 0 fully saturated rings. The van der Waals surface area contributed by atoms with Gasteiger partial charge in [0, 0.05) is 24.0 Å². The van der Waals surface area contributed by atoms with Crippen LogP contribution in [0.25, 0.3) is 0 Å². The molecule has 2 amide bonds. The molecule has 0 saturated carbocycles. The van der Waals surface area contributed by atoms with Crippen molar-refractivity contribution in [3.8, 4) is 5.75 Å². The fourth-order valence-corrected chi connectivity index (χ4v) is 3.19. The fourth-order valence-electron chi connectivity index (χ4n) is 2.72. The molecule has 0 aliphatic carbocycles. The molecule has 0 bridgehead atoms. The van der Waals surface area contributed by atoms with Crippen LogP contribution < -0.4 is 25.9 Å². The van der Waals surface area contributed by atoms with Gasteiger partial charge in [0.15, 0.2) is 5.75 Å². The Hall–Kier alpha value is -3.41. The summed E-state index contributed by atoms with van der Waals surface area (Å²) in [6, 6.07) is 4.18. The normalized spacial score (nSPS) is 13.3. The first kappa shape index (κ1) is 27.8. The van der Waals surface area contributed by atoms with E-state index in [-0.39, 0.29) is 52.6 Å². The Balaban J connectivity index is 2.43. The van der Waals surface area contributed by atoms with Crippen molar-refractivity contribution in [3.05, 3.63) is 35.5 Å². The molecule has 2 atom stereocenters. The summed E-state index contributed by atoms with van der Waals surface area (Å²) >= 11 is 0. The lowest BCUT2D eigenvalue weighted by Gasteiger charge is -2.20. The SMILES string of the molecule is CC(C)[C@H](C)NC(=O)c1cc(Nc2ncc(C(N)=O)c(N[C@H](C)C(C)C)n2)ccc1OS(C)(=O)=O. The number of nitrogens with two attached hydrogens (primary N) is 1. The van der Waals surface area contributed by atoms with Gasteiger partial charge < -0.3 is 25.9 Å². The highest BCUT2D eigenvalue weighted by Gasteiger charge is 2.21. The van der Waals surface area contributed by atoms with E-state index in [1.54, 1.807) is 0 Å². The van der Waals surface area contributed by atoms with Gasteiger partial charge in [0.1, 0.15) is 5.82 Å². The van der Waals surface area contributed by atoms with Gasteiger partial charge >= 0.3 is 10.1 Å². The van der Waals surface area contributed by atoms with E-state index < -0.39 is 21.9 Å². The van der Waals surface area contributed by atoms with Gasteiger partial charge in [-0.15, -0.1) is 0 Å². The third-order valence-corrected chi connectivity index (χ3v) is 5.98. The lowest BCUT2D eigenvalue weighted by molar-refractivity contribution is 0.0928. The number of hydrogen-bond donors (Lipinski definition) is 4. The number of rotatable bonds is 11. The first-order chi connectivity index (χ1) is 16.2. The highest BCUT2D eigenvalue weighted by molar-refractivity contribution is 7.86. The zero-order valence-electron chi connectivity index (χ0n) is 21.0. The Morgan fingerprint density at radius 2 is 1.63 bits per heavy atom. The van der Waals surface area contributed by atoms with E-state index in [1.807, 2.05) is 41.5 Å². The second-order valence-corrected chi connectivity index (χ2v) is 10.7. The van der Waals surface area contributed by atoms with Crippen LogP contribution in [0, 0.1) is 11.8 Å². The van der Waals surface area contributed by atoms with Gasteiger partial charge in [-0.25, -0.2) is 4.98 Å². The van der Waals surface area contributed by atoms with Crippen molar-refractivity contribution >= 4 is 39.4 Å². The van der Waals surface area contributed by atoms with E-state index in [2.05, 4.69) is 25.9 Å². The quantitative estimate of drug-likeness (QED) is 0.335. The number of hydrogen-bond acceptors (Lipinski definition) is 9. The summed E-state index contributed by atoms with van der Waals surface area (Å²) in [5, 5.41) is 8.99. The summed E-state index contributed by atoms with van der Waals surface area (Å²) < 4.78 is 28.4. The summed E-state index contributed by atoms with van der Waals surface area (Å²) in [6.07, 6.45) is 2.21. The number of carbonyl (C=O) groups excluding carboxylic acids is 2. The molecular formula is C23H34N6O5S. The predicted molar refractivity (Wildman–Crippen MR) is 135 cm³/mol. The standard InChI is InChI=1S/C23H34N6O5S/c1-12(2)14(5)26-21-18(20(24)30)11-25-23(29-21)28-16-8-9-19(34-35(7,32)33)17(10-16)22(31)27-15(6)13(3)4/h8-15H,1-7H3,(H2,24,30)(H,27,31)(H2,25,26,28,29)/t14-,15+/m1/s1. The van der Waals surface area contributed by atoms with E-state index in [1.165, 1.54) is 24.4 Å². The third-order valence-electron chi connectivity index (χ3n) is 5.50. The number of carbonyl (C=O) groups is 2. The van der Waals surface area contributed by atoms with Crippen LogP contribution in [0.1, 0.15) is 62.3 Å². The van der Waals surface area contributed by atoms with Crippen molar-refractivity contribution in [3.63, 3.8) is 0 Å². The van der Waals surface area contributed by atoms with Crippen LogP contribution >= 0.6 is 0 Å². The van der Waals surface area contributed by atoms with Crippen LogP contribution in [0.2, 0.25) is 0 Å². The van der Waals surface area contributed by atoms with Crippen molar-refractivity contribution in [2.75, 3.05) is 16.9 Å². The molecule has 192 valence electrons. The second kappa shape index (κ2) is 11.3. The molecule has 0 aliphatic heterocycles. The van der Waals surface area contributed by atoms with Gasteiger partial charge in [-0.3, -0.25) is 9.59 Å². The molecule has 0 aliphatic rings. The minimum absolute atomic E-state index is 0.00141. The maximum atomic E-state index is 12.9. The number of primary amides is 1. The second-order valence-electron chi connectivity index (χ2n) is 9.13. The highest BCUT2D eigenvalue weighted by Crippen LogP contribution is 2.27. The fraction of sp³-hybridized carbons (Fsp3) is 0.478. The monoisotopic (exact) mass is 506 g/mol. The Morgan fingerprint density at radius 1 is 1.00 bits per heavy atom. The number of nitrogens with one attached hydrogen (secondary N) is 3. The van der Waals surface area contributed by atoms with Gasteiger partial charge in [-0.1, -0.05) is 27.7 Å². The average molecular weight is 507 g/mol. The van der Waals surface area contributed by atoms with E-state index in [9.17, 15) is 18.0 Å².